The van der Waals surface area contributed by atoms with Crippen LogP contribution in [0.1, 0.15) is 43.5 Å². The second-order valence-electron chi connectivity index (χ2n) is 3.62. The van der Waals surface area contributed by atoms with Crippen molar-refractivity contribution in [2.45, 2.75) is 33.1 Å². The summed E-state index contributed by atoms with van der Waals surface area (Å²) in [6.45, 7) is 4.38. The van der Waals surface area contributed by atoms with Crippen molar-refractivity contribution in [2.75, 3.05) is 6.61 Å². The van der Waals surface area contributed by atoms with Crippen LogP contribution in [0.2, 0.25) is 0 Å². The molecule has 0 bridgehead atoms. The summed E-state index contributed by atoms with van der Waals surface area (Å²) in [5.41, 5.74) is 0.346. The zero-order chi connectivity index (χ0) is 12.0. The van der Waals surface area contributed by atoms with Gasteiger partial charge in [-0.15, -0.1) is 0 Å². The smallest absolute Gasteiger partial charge is 0.166 e. The fraction of sp³-hybridized carbons (Fsp3) is 0.462. The van der Waals surface area contributed by atoms with Crippen LogP contribution in [-0.2, 0) is 0 Å². The molecule has 0 saturated carbocycles. The monoisotopic (exact) mass is 224 g/mol. The summed E-state index contributed by atoms with van der Waals surface area (Å²) in [5.74, 6) is -0.00709. The van der Waals surface area contributed by atoms with E-state index in [0.717, 1.165) is 12.8 Å². The van der Waals surface area contributed by atoms with Crippen molar-refractivity contribution < 1.29 is 13.9 Å². The minimum Gasteiger partial charge on any atom is -0.493 e. The molecule has 1 aromatic rings. The molecule has 0 fully saturated rings. The van der Waals surface area contributed by atoms with E-state index in [2.05, 4.69) is 6.92 Å². The molecule has 0 heterocycles. The maximum atomic E-state index is 13.0. The summed E-state index contributed by atoms with van der Waals surface area (Å²) in [6, 6.07) is 4.08. The zero-order valence-electron chi connectivity index (χ0n) is 9.75. The Bertz CT molecular complexity index is 361. The van der Waals surface area contributed by atoms with Crippen LogP contribution < -0.4 is 4.74 Å². The van der Waals surface area contributed by atoms with Crippen LogP contribution >= 0.6 is 0 Å². The molecule has 88 valence electrons. The summed E-state index contributed by atoms with van der Waals surface area (Å²) < 4.78 is 18.5. The van der Waals surface area contributed by atoms with Crippen molar-refractivity contribution in [3.8, 4) is 5.75 Å². The van der Waals surface area contributed by atoms with E-state index in [1.807, 2.05) is 0 Å². The Morgan fingerprint density at radius 3 is 2.75 bits per heavy atom. The highest BCUT2D eigenvalue weighted by molar-refractivity contribution is 5.98. The van der Waals surface area contributed by atoms with Crippen LogP contribution in [0.25, 0.3) is 0 Å². The Morgan fingerprint density at radius 2 is 2.12 bits per heavy atom. The average molecular weight is 224 g/mol. The van der Waals surface area contributed by atoms with E-state index in [9.17, 15) is 9.18 Å². The van der Waals surface area contributed by atoms with Gasteiger partial charge in [0.1, 0.15) is 11.6 Å². The average Bonchev–Trinajstić information content (AvgIpc) is 2.30. The lowest BCUT2D eigenvalue weighted by atomic mass is 10.1. The molecule has 0 atom stereocenters. The highest BCUT2D eigenvalue weighted by atomic mass is 19.1. The second-order valence-corrected chi connectivity index (χ2v) is 3.62. The van der Waals surface area contributed by atoms with Crippen LogP contribution in [0.5, 0.6) is 5.75 Å². The zero-order valence-corrected chi connectivity index (χ0v) is 9.75. The van der Waals surface area contributed by atoms with Gasteiger partial charge in [-0.2, -0.15) is 0 Å². The number of unbranched alkanes of at least 4 members (excludes halogenated alkanes) is 1. The Labute approximate surface area is 95.4 Å². The van der Waals surface area contributed by atoms with E-state index in [-0.39, 0.29) is 5.78 Å². The topological polar surface area (TPSA) is 26.3 Å². The van der Waals surface area contributed by atoms with E-state index in [1.54, 1.807) is 6.92 Å². The van der Waals surface area contributed by atoms with Gasteiger partial charge in [0.2, 0.25) is 0 Å². The molecule has 0 unspecified atom stereocenters. The molecule has 2 nitrogen and oxygen atoms in total. The molecule has 3 heteroatoms. The van der Waals surface area contributed by atoms with Gasteiger partial charge in [0, 0.05) is 6.42 Å². The molecular weight excluding hydrogens is 207 g/mol. The van der Waals surface area contributed by atoms with Gasteiger partial charge in [0.15, 0.2) is 5.78 Å². The summed E-state index contributed by atoms with van der Waals surface area (Å²) in [4.78, 5) is 11.6. The summed E-state index contributed by atoms with van der Waals surface area (Å²) in [5, 5.41) is 0. The third-order valence-electron chi connectivity index (χ3n) is 2.32. The van der Waals surface area contributed by atoms with Crippen LogP contribution in [0.4, 0.5) is 4.39 Å². The van der Waals surface area contributed by atoms with Crippen molar-refractivity contribution >= 4 is 5.78 Å². The minimum absolute atomic E-state index is 0.0917. The van der Waals surface area contributed by atoms with Crippen molar-refractivity contribution in [1.82, 2.24) is 0 Å². The number of halogens is 1. The van der Waals surface area contributed by atoms with Gasteiger partial charge < -0.3 is 4.74 Å². The third-order valence-corrected chi connectivity index (χ3v) is 2.32. The molecule has 0 aliphatic rings. The van der Waals surface area contributed by atoms with Gasteiger partial charge in [-0.05, 0) is 24.6 Å². The summed E-state index contributed by atoms with van der Waals surface area (Å²) >= 11 is 0. The molecule has 0 spiro atoms. The van der Waals surface area contributed by atoms with E-state index in [0.29, 0.717) is 24.3 Å². The molecule has 0 aliphatic heterocycles. The molecule has 0 radical (unpaired) electrons. The molecule has 0 saturated heterocycles. The maximum Gasteiger partial charge on any atom is 0.166 e. The number of carbonyl (C=O) groups is 1. The van der Waals surface area contributed by atoms with Crippen LogP contribution in [0.3, 0.4) is 0 Å². The van der Waals surface area contributed by atoms with Crippen molar-refractivity contribution in [3.05, 3.63) is 29.6 Å². The Morgan fingerprint density at radius 1 is 1.38 bits per heavy atom. The lowest BCUT2D eigenvalue weighted by molar-refractivity contribution is 0.0983. The van der Waals surface area contributed by atoms with Gasteiger partial charge in [0.05, 0.1) is 12.2 Å². The van der Waals surface area contributed by atoms with E-state index < -0.39 is 5.82 Å². The summed E-state index contributed by atoms with van der Waals surface area (Å²) in [7, 11) is 0. The molecule has 1 aromatic carbocycles. The molecule has 1 rings (SSSR count). The number of rotatable bonds is 6. The first kappa shape index (κ1) is 12.7. The molecule has 0 N–H and O–H groups in total. The third kappa shape index (κ3) is 3.33. The predicted molar refractivity (Wildman–Crippen MR) is 61.4 cm³/mol. The number of Topliss-reactive ketones (excluding diaryl/α,β-unsaturated/α-hetero) is 1. The SMILES string of the molecule is CCCCOc1ccc(F)cc1C(=O)CC. The molecule has 0 aliphatic carbocycles. The predicted octanol–water partition coefficient (Wildman–Crippen LogP) is 3.60. The van der Waals surface area contributed by atoms with Gasteiger partial charge >= 0.3 is 0 Å². The van der Waals surface area contributed by atoms with Crippen molar-refractivity contribution in [3.63, 3.8) is 0 Å². The Hall–Kier alpha value is -1.38. The quantitative estimate of drug-likeness (QED) is 0.545. The normalized spacial score (nSPS) is 10.2. The maximum absolute atomic E-state index is 13.0. The van der Waals surface area contributed by atoms with Crippen LogP contribution in [0.15, 0.2) is 18.2 Å². The largest absolute Gasteiger partial charge is 0.493 e. The second kappa shape index (κ2) is 6.26. The van der Waals surface area contributed by atoms with Gasteiger partial charge in [-0.1, -0.05) is 20.3 Å². The number of ether oxygens (including phenoxy) is 1. The molecule has 0 amide bonds. The standard InChI is InChI=1S/C13H17FO2/c1-3-5-8-16-13-7-6-10(14)9-11(13)12(15)4-2/h6-7,9H,3-5,8H2,1-2H3. The van der Waals surface area contributed by atoms with Crippen LogP contribution in [0, 0.1) is 5.82 Å². The molecule has 16 heavy (non-hydrogen) atoms. The first-order valence-corrected chi connectivity index (χ1v) is 5.64. The number of hydrogen-bond donors (Lipinski definition) is 0. The lowest BCUT2D eigenvalue weighted by Gasteiger charge is -2.09. The Kier molecular flexibility index (Phi) is 4.96. The highest BCUT2D eigenvalue weighted by Crippen LogP contribution is 2.21. The van der Waals surface area contributed by atoms with E-state index in [1.165, 1.54) is 18.2 Å². The van der Waals surface area contributed by atoms with E-state index in [4.69, 9.17) is 4.74 Å². The number of carbonyl (C=O) groups excluding carboxylic acids is 1. The number of ketones is 1. The van der Waals surface area contributed by atoms with Crippen LogP contribution in [-0.4, -0.2) is 12.4 Å². The fourth-order valence-electron chi connectivity index (χ4n) is 1.36. The molecule has 0 aromatic heterocycles. The Balaban J connectivity index is 2.85. The van der Waals surface area contributed by atoms with Crippen molar-refractivity contribution in [1.29, 1.82) is 0 Å². The van der Waals surface area contributed by atoms with E-state index >= 15 is 0 Å². The lowest BCUT2D eigenvalue weighted by Crippen LogP contribution is -2.04. The number of benzene rings is 1. The summed E-state index contributed by atoms with van der Waals surface area (Å²) in [6.07, 6.45) is 2.31. The van der Waals surface area contributed by atoms with Gasteiger partial charge in [0.25, 0.3) is 0 Å². The first-order valence-electron chi connectivity index (χ1n) is 5.64. The fourth-order valence-corrected chi connectivity index (χ4v) is 1.36. The van der Waals surface area contributed by atoms with Gasteiger partial charge in [-0.3, -0.25) is 4.79 Å². The minimum atomic E-state index is -0.403. The first-order chi connectivity index (χ1) is 7.69. The molecular formula is C13H17FO2. The van der Waals surface area contributed by atoms with Gasteiger partial charge in [-0.25, -0.2) is 4.39 Å². The van der Waals surface area contributed by atoms with Crippen molar-refractivity contribution in [2.24, 2.45) is 0 Å². The highest BCUT2D eigenvalue weighted by Gasteiger charge is 2.11. The number of hydrogen-bond acceptors (Lipinski definition) is 2.